The number of nitriles is 2. The molecule has 0 saturated carbocycles. The van der Waals surface area contributed by atoms with E-state index in [2.05, 4.69) is 17.1 Å². The van der Waals surface area contributed by atoms with Crippen molar-refractivity contribution in [3.05, 3.63) is 65.2 Å². The van der Waals surface area contributed by atoms with E-state index in [1.54, 1.807) is 48.5 Å². The maximum atomic E-state index is 9.53. The Hall–Kier alpha value is -3.83. The molecule has 0 saturated heterocycles. The van der Waals surface area contributed by atoms with Gasteiger partial charge >= 0.3 is 0 Å². The van der Waals surface area contributed by atoms with Crippen LogP contribution in [0.3, 0.4) is 0 Å². The van der Waals surface area contributed by atoms with Crippen LogP contribution in [0.2, 0.25) is 0 Å². The molecule has 1 aromatic heterocycles. The number of pyridine rings is 1. The van der Waals surface area contributed by atoms with Gasteiger partial charge in [-0.25, -0.2) is 4.98 Å². The minimum atomic E-state index is 0.149. The second-order valence-corrected chi connectivity index (χ2v) is 5.57. The van der Waals surface area contributed by atoms with Crippen molar-refractivity contribution in [1.82, 2.24) is 4.98 Å². The molecule has 0 amide bonds. The van der Waals surface area contributed by atoms with Gasteiger partial charge in [-0.3, -0.25) is 0 Å². The second-order valence-electron chi connectivity index (χ2n) is 5.57. The highest BCUT2D eigenvalue weighted by Gasteiger charge is 2.18. The number of phenolic OH excluding ortho intramolecular Hbond substituents is 1. The van der Waals surface area contributed by atoms with E-state index in [0.717, 1.165) is 16.7 Å². The van der Waals surface area contributed by atoms with Gasteiger partial charge in [0.25, 0.3) is 0 Å². The smallest absolute Gasteiger partial charge is 0.142 e. The number of aromatic nitrogens is 1. The molecular weight excluding hydrogens is 312 g/mol. The lowest BCUT2D eigenvalue weighted by molar-refractivity contribution is 0.475. The molecule has 0 fully saturated rings. The molecular formula is C20H14N4O. The summed E-state index contributed by atoms with van der Waals surface area (Å²) in [6, 6.07) is 17.8. The zero-order valence-electron chi connectivity index (χ0n) is 13.5. The zero-order chi connectivity index (χ0) is 18.0. The van der Waals surface area contributed by atoms with Crippen LogP contribution in [0, 0.1) is 29.6 Å². The summed E-state index contributed by atoms with van der Waals surface area (Å²) in [5, 5.41) is 28.0. The fraction of sp³-hybridized carbons (Fsp3) is 0.0500. The maximum absolute atomic E-state index is 9.53. The molecule has 0 aliphatic heterocycles. The van der Waals surface area contributed by atoms with Crippen molar-refractivity contribution in [2.24, 2.45) is 0 Å². The van der Waals surface area contributed by atoms with Crippen molar-refractivity contribution in [3.8, 4) is 40.3 Å². The van der Waals surface area contributed by atoms with Crippen LogP contribution >= 0.6 is 0 Å². The molecule has 0 spiro atoms. The fourth-order valence-electron chi connectivity index (χ4n) is 2.78. The highest BCUT2D eigenvalue weighted by atomic mass is 16.3. The Morgan fingerprint density at radius 3 is 2.08 bits per heavy atom. The molecule has 5 heteroatoms. The van der Waals surface area contributed by atoms with Gasteiger partial charge < -0.3 is 10.8 Å². The van der Waals surface area contributed by atoms with Crippen molar-refractivity contribution >= 4 is 5.82 Å². The quantitative estimate of drug-likeness (QED) is 0.745. The van der Waals surface area contributed by atoms with Crippen LogP contribution in [-0.2, 0) is 0 Å². The lowest BCUT2D eigenvalue weighted by Crippen LogP contribution is -2.03. The molecule has 1 heterocycles. The van der Waals surface area contributed by atoms with Gasteiger partial charge in [0.1, 0.15) is 23.2 Å². The minimum absolute atomic E-state index is 0.149. The first-order chi connectivity index (χ1) is 12.0. The zero-order valence-corrected chi connectivity index (χ0v) is 13.5. The Labute approximate surface area is 145 Å². The number of hydrogen-bond acceptors (Lipinski definition) is 5. The van der Waals surface area contributed by atoms with Gasteiger partial charge in [-0.15, -0.1) is 0 Å². The summed E-state index contributed by atoms with van der Waals surface area (Å²) in [6.45, 7) is 1.88. The third-order valence-corrected chi connectivity index (χ3v) is 4.02. The Kier molecular flexibility index (Phi) is 4.07. The molecule has 0 unspecified atom stereocenters. The summed E-state index contributed by atoms with van der Waals surface area (Å²) in [4.78, 5) is 4.38. The fourth-order valence-corrected chi connectivity index (χ4v) is 2.78. The summed E-state index contributed by atoms with van der Waals surface area (Å²) >= 11 is 0. The Morgan fingerprint density at radius 1 is 0.920 bits per heavy atom. The van der Waals surface area contributed by atoms with Crippen molar-refractivity contribution in [1.29, 1.82) is 10.5 Å². The molecule has 25 heavy (non-hydrogen) atoms. The van der Waals surface area contributed by atoms with Crippen LogP contribution in [0.15, 0.2) is 48.5 Å². The first-order valence-electron chi connectivity index (χ1n) is 7.55. The van der Waals surface area contributed by atoms with E-state index in [0.29, 0.717) is 22.4 Å². The van der Waals surface area contributed by atoms with Crippen LogP contribution in [0.1, 0.15) is 16.7 Å². The summed E-state index contributed by atoms with van der Waals surface area (Å²) in [5.41, 5.74) is 10.6. The van der Waals surface area contributed by atoms with Gasteiger partial charge in [0.15, 0.2) is 0 Å². The van der Waals surface area contributed by atoms with Crippen molar-refractivity contribution in [2.45, 2.75) is 6.92 Å². The standard InChI is InChI=1S/C20H14N4O/c1-12-18(14-4-2-13(10-21)3-5-14)17(11-22)20(23)24-19(12)15-6-8-16(25)9-7-15/h2-9,25H,1H3,(H2,23,24). The average molecular weight is 326 g/mol. The van der Waals surface area contributed by atoms with E-state index >= 15 is 0 Å². The molecule has 5 nitrogen and oxygen atoms in total. The molecule has 3 N–H and O–H groups in total. The lowest BCUT2D eigenvalue weighted by Gasteiger charge is -2.15. The largest absolute Gasteiger partial charge is 0.508 e. The number of nitrogen functional groups attached to an aromatic ring is 1. The van der Waals surface area contributed by atoms with E-state index in [4.69, 9.17) is 11.0 Å². The molecule has 3 aromatic rings. The maximum Gasteiger partial charge on any atom is 0.142 e. The first-order valence-corrected chi connectivity index (χ1v) is 7.55. The Balaban J connectivity index is 2.28. The summed E-state index contributed by atoms with van der Waals surface area (Å²) in [5.74, 6) is 0.311. The third kappa shape index (κ3) is 2.87. The Morgan fingerprint density at radius 2 is 1.52 bits per heavy atom. The molecule has 120 valence electrons. The normalized spacial score (nSPS) is 10.0. The number of nitrogens with two attached hydrogens (primary N) is 1. The predicted molar refractivity (Wildman–Crippen MR) is 95.4 cm³/mol. The van der Waals surface area contributed by atoms with E-state index in [-0.39, 0.29) is 11.6 Å². The summed E-state index contributed by atoms with van der Waals surface area (Å²) in [7, 11) is 0. The first kappa shape index (κ1) is 16.0. The average Bonchev–Trinajstić information content (AvgIpc) is 2.64. The number of aromatic hydroxyl groups is 1. The molecule has 0 aliphatic carbocycles. The number of benzene rings is 2. The highest BCUT2D eigenvalue weighted by Crippen LogP contribution is 2.36. The van der Waals surface area contributed by atoms with E-state index in [1.165, 1.54) is 0 Å². The number of anilines is 1. The van der Waals surface area contributed by atoms with E-state index < -0.39 is 0 Å². The SMILES string of the molecule is Cc1c(-c2ccc(O)cc2)nc(N)c(C#N)c1-c1ccc(C#N)cc1. The predicted octanol–water partition coefficient (Wildman–Crippen LogP) is 3.76. The van der Waals surface area contributed by atoms with Crippen molar-refractivity contribution < 1.29 is 5.11 Å². The van der Waals surface area contributed by atoms with E-state index in [1.807, 2.05) is 6.92 Å². The molecule has 0 atom stereocenters. The molecule has 0 bridgehead atoms. The van der Waals surface area contributed by atoms with Gasteiger partial charge in [-0.05, 0) is 54.4 Å². The minimum Gasteiger partial charge on any atom is -0.508 e. The summed E-state index contributed by atoms with van der Waals surface area (Å²) < 4.78 is 0. The van der Waals surface area contributed by atoms with Crippen LogP contribution < -0.4 is 5.73 Å². The number of rotatable bonds is 2. The van der Waals surface area contributed by atoms with Crippen LogP contribution in [0.5, 0.6) is 5.75 Å². The van der Waals surface area contributed by atoms with Gasteiger partial charge in [-0.2, -0.15) is 10.5 Å². The molecule has 2 aromatic carbocycles. The van der Waals surface area contributed by atoms with Gasteiger partial charge in [0.05, 0.1) is 17.3 Å². The van der Waals surface area contributed by atoms with Gasteiger partial charge in [-0.1, -0.05) is 12.1 Å². The number of nitrogens with zero attached hydrogens (tertiary/aromatic N) is 3. The highest BCUT2D eigenvalue weighted by molar-refractivity contribution is 5.84. The van der Waals surface area contributed by atoms with Crippen molar-refractivity contribution in [2.75, 3.05) is 5.73 Å². The molecule has 3 rings (SSSR count). The topological polar surface area (TPSA) is 107 Å². The molecule has 0 radical (unpaired) electrons. The van der Waals surface area contributed by atoms with Crippen molar-refractivity contribution in [3.63, 3.8) is 0 Å². The Bertz CT molecular complexity index is 1020. The number of phenols is 1. The molecule has 0 aliphatic rings. The van der Waals surface area contributed by atoms with E-state index in [9.17, 15) is 10.4 Å². The monoisotopic (exact) mass is 326 g/mol. The van der Waals surface area contributed by atoms with Crippen LogP contribution in [0.25, 0.3) is 22.4 Å². The number of hydrogen-bond donors (Lipinski definition) is 2. The van der Waals surface area contributed by atoms with Crippen LogP contribution in [-0.4, -0.2) is 10.1 Å². The third-order valence-electron chi connectivity index (χ3n) is 4.02. The van der Waals surface area contributed by atoms with Gasteiger partial charge in [0.2, 0.25) is 0 Å². The summed E-state index contributed by atoms with van der Waals surface area (Å²) in [6.07, 6.45) is 0. The second kappa shape index (κ2) is 6.35. The van der Waals surface area contributed by atoms with Gasteiger partial charge in [0, 0.05) is 11.1 Å². The lowest BCUT2D eigenvalue weighted by atomic mass is 9.92. The van der Waals surface area contributed by atoms with Crippen LogP contribution in [0.4, 0.5) is 5.82 Å².